The summed E-state index contributed by atoms with van der Waals surface area (Å²) in [6, 6.07) is 17.2. The number of urea groups is 1. The van der Waals surface area contributed by atoms with Gasteiger partial charge in [-0.15, -0.1) is 0 Å². The van der Waals surface area contributed by atoms with E-state index in [4.69, 9.17) is 0 Å². The lowest BCUT2D eigenvalue weighted by atomic mass is 10.1. The van der Waals surface area contributed by atoms with Crippen LogP contribution in [0, 0.1) is 0 Å². The lowest BCUT2D eigenvalue weighted by Crippen LogP contribution is -2.55. The van der Waals surface area contributed by atoms with Crippen molar-refractivity contribution >= 4 is 29.2 Å². The molecular weight excluding hydrogens is 430 g/mol. The number of anilines is 2. The molecule has 182 valence electrons. The molecule has 0 aliphatic carbocycles. The first-order valence-corrected chi connectivity index (χ1v) is 11.6. The van der Waals surface area contributed by atoms with E-state index < -0.39 is 0 Å². The van der Waals surface area contributed by atoms with E-state index >= 15 is 0 Å². The van der Waals surface area contributed by atoms with E-state index in [0.29, 0.717) is 25.3 Å². The van der Waals surface area contributed by atoms with Crippen LogP contribution >= 0.6 is 0 Å². The van der Waals surface area contributed by atoms with Gasteiger partial charge in [0.1, 0.15) is 6.54 Å². The third-order valence-electron chi connectivity index (χ3n) is 5.56. The van der Waals surface area contributed by atoms with Crippen molar-refractivity contribution in [3.63, 3.8) is 0 Å². The van der Waals surface area contributed by atoms with Crippen molar-refractivity contribution in [3.8, 4) is 0 Å². The first-order chi connectivity index (χ1) is 16.1. The fourth-order valence-corrected chi connectivity index (χ4v) is 3.78. The van der Waals surface area contributed by atoms with E-state index in [1.165, 1.54) is 11.8 Å². The van der Waals surface area contributed by atoms with Gasteiger partial charge in [0.2, 0.25) is 11.8 Å². The van der Waals surface area contributed by atoms with E-state index in [1.54, 1.807) is 0 Å². The Morgan fingerprint density at radius 1 is 0.912 bits per heavy atom. The van der Waals surface area contributed by atoms with Gasteiger partial charge in [0, 0.05) is 56.6 Å². The summed E-state index contributed by atoms with van der Waals surface area (Å²) >= 11 is 0. The molecule has 2 N–H and O–H groups in total. The van der Waals surface area contributed by atoms with E-state index in [0.717, 1.165) is 24.3 Å². The number of nitrogens with one attached hydrogen (secondary N) is 2. The van der Waals surface area contributed by atoms with Gasteiger partial charge in [-0.25, -0.2) is 4.79 Å². The molecule has 0 unspecified atom stereocenters. The van der Waals surface area contributed by atoms with Gasteiger partial charge in [-0.05, 0) is 50.6 Å². The zero-order valence-corrected chi connectivity index (χ0v) is 20.5. The smallest absolute Gasteiger partial charge is 0.317 e. The molecule has 2 aromatic rings. The van der Waals surface area contributed by atoms with Crippen LogP contribution in [-0.2, 0) is 16.1 Å². The number of nitrogens with zero attached hydrogens (tertiary/aromatic N) is 3. The molecule has 3 rings (SSSR count). The quantitative estimate of drug-likeness (QED) is 0.686. The number of rotatable bonds is 6. The number of carbonyl (C=O) groups excluding carboxylic acids is 3. The first-order valence-electron chi connectivity index (χ1n) is 11.6. The summed E-state index contributed by atoms with van der Waals surface area (Å²) in [4.78, 5) is 42.5. The maximum atomic E-state index is 12.5. The second-order valence-electron chi connectivity index (χ2n) is 9.61. The van der Waals surface area contributed by atoms with Crippen LogP contribution in [0.1, 0.15) is 33.3 Å². The minimum absolute atomic E-state index is 0.00936. The van der Waals surface area contributed by atoms with E-state index in [1.807, 2.05) is 80.3 Å². The molecule has 0 saturated carbocycles. The minimum Gasteiger partial charge on any atom is -0.368 e. The van der Waals surface area contributed by atoms with Crippen LogP contribution in [0.25, 0.3) is 0 Å². The van der Waals surface area contributed by atoms with Crippen LogP contribution in [0.15, 0.2) is 54.6 Å². The summed E-state index contributed by atoms with van der Waals surface area (Å²) in [6.07, 6.45) is 0. The molecule has 0 aromatic heterocycles. The predicted molar refractivity (Wildman–Crippen MR) is 135 cm³/mol. The van der Waals surface area contributed by atoms with Crippen LogP contribution in [-0.4, -0.2) is 65.9 Å². The van der Waals surface area contributed by atoms with Crippen LogP contribution in [0.3, 0.4) is 0 Å². The highest BCUT2D eigenvalue weighted by molar-refractivity contribution is 5.94. The lowest BCUT2D eigenvalue weighted by Gasteiger charge is -2.37. The van der Waals surface area contributed by atoms with Gasteiger partial charge >= 0.3 is 6.03 Å². The number of amides is 4. The maximum Gasteiger partial charge on any atom is 0.317 e. The van der Waals surface area contributed by atoms with E-state index in [2.05, 4.69) is 15.5 Å². The molecule has 1 saturated heterocycles. The summed E-state index contributed by atoms with van der Waals surface area (Å²) < 4.78 is 0. The Labute approximate surface area is 201 Å². The largest absolute Gasteiger partial charge is 0.368 e. The van der Waals surface area contributed by atoms with Crippen molar-refractivity contribution in [2.24, 2.45) is 0 Å². The van der Waals surface area contributed by atoms with E-state index in [-0.39, 0.29) is 29.9 Å². The Bertz CT molecular complexity index is 978. The minimum atomic E-state index is -0.253. The standard InChI is InChI=1S/C26H35N5O3/c1-20(32)31(18-21-8-6-5-7-9-21)19-24(33)27-22-10-12-23(13-11-22)29-14-16-30(17-15-29)25(34)28-26(2,3)4/h5-13H,14-19H2,1-4H3,(H,27,33)(H,28,34). The molecule has 2 aromatic carbocycles. The summed E-state index contributed by atoms with van der Waals surface area (Å²) in [5, 5.41) is 5.88. The number of carbonyl (C=O) groups is 3. The Morgan fingerprint density at radius 2 is 1.53 bits per heavy atom. The lowest BCUT2D eigenvalue weighted by molar-refractivity contribution is -0.133. The Kier molecular flexibility index (Phi) is 8.15. The average Bonchev–Trinajstić information content (AvgIpc) is 2.79. The predicted octanol–water partition coefficient (Wildman–Crippen LogP) is 3.30. The highest BCUT2D eigenvalue weighted by Crippen LogP contribution is 2.20. The third-order valence-corrected chi connectivity index (χ3v) is 5.56. The van der Waals surface area contributed by atoms with Crippen molar-refractivity contribution in [1.82, 2.24) is 15.1 Å². The first kappa shape index (κ1) is 25.1. The van der Waals surface area contributed by atoms with Crippen LogP contribution in [0.5, 0.6) is 0 Å². The van der Waals surface area contributed by atoms with Crippen LogP contribution in [0.2, 0.25) is 0 Å². The Balaban J connectivity index is 1.50. The van der Waals surface area contributed by atoms with Crippen molar-refractivity contribution < 1.29 is 14.4 Å². The highest BCUT2D eigenvalue weighted by Gasteiger charge is 2.24. The Hall–Kier alpha value is -3.55. The molecule has 0 atom stereocenters. The second kappa shape index (κ2) is 11.0. The van der Waals surface area contributed by atoms with Crippen molar-refractivity contribution in [3.05, 3.63) is 60.2 Å². The van der Waals surface area contributed by atoms with Crippen molar-refractivity contribution in [1.29, 1.82) is 0 Å². The van der Waals surface area contributed by atoms with Gasteiger partial charge in [0.25, 0.3) is 0 Å². The van der Waals surface area contributed by atoms with Gasteiger partial charge in [-0.1, -0.05) is 30.3 Å². The zero-order chi connectivity index (χ0) is 24.7. The van der Waals surface area contributed by atoms with Gasteiger partial charge in [-0.2, -0.15) is 0 Å². The summed E-state index contributed by atoms with van der Waals surface area (Å²) in [5.74, 6) is -0.387. The van der Waals surface area contributed by atoms with Gasteiger partial charge in [-0.3, -0.25) is 9.59 Å². The van der Waals surface area contributed by atoms with Gasteiger partial charge in [0.15, 0.2) is 0 Å². The Morgan fingerprint density at radius 3 is 2.09 bits per heavy atom. The summed E-state index contributed by atoms with van der Waals surface area (Å²) in [7, 11) is 0. The summed E-state index contributed by atoms with van der Waals surface area (Å²) in [6.45, 7) is 10.6. The highest BCUT2D eigenvalue weighted by atomic mass is 16.2. The molecule has 0 bridgehead atoms. The summed E-state index contributed by atoms with van der Waals surface area (Å²) in [5.41, 5.74) is 2.45. The topological polar surface area (TPSA) is 85.0 Å². The molecule has 0 radical (unpaired) electrons. The molecule has 0 spiro atoms. The molecular formula is C26H35N5O3. The molecule has 8 nitrogen and oxygen atoms in total. The number of hydrogen-bond donors (Lipinski definition) is 2. The molecule has 34 heavy (non-hydrogen) atoms. The second-order valence-corrected chi connectivity index (χ2v) is 9.61. The van der Waals surface area contributed by atoms with Gasteiger partial charge < -0.3 is 25.3 Å². The maximum absolute atomic E-state index is 12.5. The average molecular weight is 466 g/mol. The molecule has 1 fully saturated rings. The molecule has 1 aliphatic heterocycles. The number of hydrogen-bond acceptors (Lipinski definition) is 4. The van der Waals surface area contributed by atoms with Gasteiger partial charge in [0.05, 0.1) is 0 Å². The molecule has 1 heterocycles. The number of piperazine rings is 1. The normalized spacial score (nSPS) is 13.9. The fraction of sp³-hybridized carbons (Fsp3) is 0.423. The van der Waals surface area contributed by atoms with Crippen molar-refractivity contribution in [2.45, 2.75) is 39.8 Å². The molecule has 8 heteroatoms. The third kappa shape index (κ3) is 7.50. The SMILES string of the molecule is CC(=O)N(CC(=O)Nc1ccc(N2CCN(C(=O)NC(C)(C)C)CC2)cc1)Cc1ccccc1. The monoisotopic (exact) mass is 465 g/mol. The zero-order valence-electron chi connectivity index (χ0n) is 20.5. The van der Waals surface area contributed by atoms with Crippen molar-refractivity contribution in [2.75, 3.05) is 42.9 Å². The van der Waals surface area contributed by atoms with Crippen LogP contribution in [0.4, 0.5) is 16.2 Å². The fourth-order valence-electron chi connectivity index (χ4n) is 3.78. The van der Waals surface area contributed by atoms with Crippen LogP contribution < -0.4 is 15.5 Å². The van der Waals surface area contributed by atoms with E-state index in [9.17, 15) is 14.4 Å². The molecule has 4 amide bonds. The molecule has 1 aliphatic rings. The number of benzene rings is 2.